The van der Waals surface area contributed by atoms with Gasteiger partial charge in [-0.15, -0.1) is 0 Å². The monoisotopic (exact) mass is 519 g/mol. The first-order valence-electron chi connectivity index (χ1n) is 11.7. The fourth-order valence-corrected chi connectivity index (χ4v) is 5.03. The van der Waals surface area contributed by atoms with E-state index in [1.165, 1.54) is 5.56 Å². The van der Waals surface area contributed by atoms with Crippen LogP contribution in [0.4, 0.5) is 0 Å². The van der Waals surface area contributed by atoms with Crippen LogP contribution in [0.25, 0.3) is 0 Å². The van der Waals surface area contributed by atoms with Gasteiger partial charge in [0.1, 0.15) is 0 Å². The third kappa shape index (κ3) is 6.34. The van der Waals surface area contributed by atoms with Crippen molar-refractivity contribution in [3.05, 3.63) is 87.9 Å². The molecule has 7 heteroatoms. The molecule has 2 aromatic carbocycles. The molecular weight excluding hydrogens is 490 g/mol. The highest BCUT2D eigenvalue weighted by Crippen LogP contribution is 2.22. The Balaban J connectivity index is 1.30. The fourth-order valence-electron chi connectivity index (χ4n) is 4.58. The Morgan fingerprint density at radius 3 is 2.79 bits per heavy atom. The number of carbonyl (C=O) groups is 1. The molecule has 6 nitrogen and oxygen atoms in total. The summed E-state index contributed by atoms with van der Waals surface area (Å²) in [5.41, 5.74) is 4.15. The van der Waals surface area contributed by atoms with E-state index in [4.69, 9.17) is 5.26 Å². The van der Waals surface area contributed by atoms with Crippen LogP contribution in [0.1, 0.15) is 35.2 Å². The van der Waals surface area contributed by atoms with Gasteiger partial charge in [0, 0.05) is 56.0 Å². The van der Waals surface area contributed by atoms with Gasteiger partial charge in [0.2, 0.25) is 5.91 Å². The first-order chi connectivity index (χ1) is 16.5. The number of hydrogen-bond donors (Lipinski definition) is 0. The third-order valence-corrected chi connectivity index (χ3v) is 6.96. The number of benzene rings is 2. The van der Waals surface area contributed by atoms with Crippen LogP contribution in [0.5, 0.6) is 0 Å². The molecule has 1 amide bonds. The number of imidazole rings is 1. The maximum Gasteiger partial charge on any atom is 0.226 e. The molecular formula is C27H30BrN5O. The van der Waals surface area contributed by atoms with Crippen molar-refractivity contribution < 1.29 is 4.79 Å². The number of amides is 1. The summed E-state index contributed by atoms with van der Waals surface area (Å²) in [7, 11) is 1.91. The molecule has 0 N–H and O–H groups in total. The Kier molecular flexibility index (Phi) is 8.15. The van der Waals surface area contributed by atoms with Crippen molar-refractivity contribution in [3.63, 3.8) is 0 Å². The molecule has 0 spiro atoms. The van der Waals surface area contributed by atoms with Crippen molar-refractivity contribution in [2.45, 2.75) is 32.4 Å². The number of piperidine rings is 1. The van der Waals surface area contributed by atoms with Crippen LogP contribution in [-0.2, 0) is 24.3 Å². The molecule has 1 aromatic heterocycles. The van der Waals surface area contributed by atoms with Crippen LogP contribution in [0.15, 0.2) is 65.5 Å². The maximum absolute atomic E-state index is 13.2. The molecule has 0 bridgehead atoms. The lowest BCUT2D eigenvalue weighted by Crippen LogP contribution is -2.43. The first kappa shape index (κ1) is 24.2. The number of carbonyl (C=O) groups excluding carboxylic acids is 1. The molecule has 4 rings (SSSR count). The second-order valence-corrected chi connectivity index (χ2v) is 9.95. The van der Waals surface area contributed by atoms with Gasteiger partial charge in [0.25, 0.3) is 0 Å². The van der Waals surface area contributed by atoms with Crippen LogP contribution < -0.4 is 0 Å². The summed E-state index contributed by atoms with van der Waals surface area (Å²) in [6, 6.07) is 18.2. The minimum absolute atomic E-state index is 0.0504. The SMILES string of the molecule is CN(CCc1cncn1Cc1ccc(C#N)cc1)C(=O)C1CCCN(Cc2cccc(Br)c2)C1. The number of likely N-dealkylation sites (N-methyl/N-ethyl adjacent to an activating group) is 1. The van der Waals surface area contributed by atoms with Gasteiger partial charge in [0.05, 0.1) is 23.9 Å². The van der Waals surface area contributed by atoms with Crippen LogP contribution in [0, 0.1) is 17.2 Å². The average molecular weight is 520 g/mol. The van der Waals surface area contributed by atoms with E-state index in [-0.39, 0.29) is 11.8 Å². The zero-order chi connectivity index (χ0) is 23.9. The minimum atomic E-state index is 0.0504. The molecule has 0 aliphatic carbocycles. The standard InChI is InChI=1S/C27H30BrN5O/c1-31(13-11-26-16-30-20-33(26)18-22-9-7-21(15-29)8-10-22)27(34)24-5-3-12-32(19-24)17-23-4-2-6-25(28)14-23/h2,4,6-10,14,16,20,24H,3,5,11-13,17-19H2,1H3. The van der Waals surface area contributed by atoms with Gasteiger partial charge in [-0.2, -0.15) is 5.26 Å². The van der Waals surface area contributed by atoms with Gasteiger partial charge in [-0.3, -0.25) is 9.69 Å². The zero-order valence-electron chi connectivity index (χ0n) is 19.5. The molecule has 176 valence electrons. The van der Waals surface area contributed by atoms with Gasteiger partial charge in [0.15, 0.2) is 0 Å². The summed E-state index contributed by atoms with van der Waals surface area (Å²) in [4.78, 5) is 21.8. The zero-order valence-corrected chi connectivity index (χ0v) is 21.1. The first-order valence-corrected chi connectivity index (χ1v) is 12.5. The van der Waals surface area contributed by atoms with E-state index >= 15 is 0 Å². The second-order valence-electron chi connectivity index (χ2n) is 9.04. The summed E-state index contributed by atoms with van der Waals surface area (Å²) in [5.74, 6) is 0.284. The van der Waals surface area contributed by atoms with E-state index < -0.39 is 0 Å². The number of hydrogen-bond acceptors (Lipinski definition) is 4. The van der Waals surface area contributed by atoms with Gasteiger partial charge in [-0.1, -0.05) is 40.2 Å². The Labute approximate surface area is 209 Å². The van der Waals surface area contributed by atoms with E-state index in [1.807, 2.05) is 54.8 Å². The summed E-state index contributed by atoms with van der Waals surface area (Å²) in [5, 5.41) is 8.98. The molecule has 1 fully saturated rings. The molecule has 1 aliphatic heterocycles. The van der Waals surface area contributed by atoms with Gasteiger partial charge < -0.3 is 9.47 Å². The smallest absolute Gasteiger partial charge is 0.226 e. The highest BCUT2D eigenvalue weighted by Gasteiger charge is 2.28. The minimum Gasteiger partial charge on any atom is -0.345 e. The number of likely N-dealkylation sites (tertiary alicyclic amines) is 1. The molecule has 1 atom stereocenters. The van der Waals surface area contributed by atoms with Crippen molar-refractivity contribution >= 4 is 21.8 Å². The highest BCUT2D eigenvalue weighted by molar-refractivity contribution is 9.10. The molecule has 1 saturated heterocycles. The van der Waals surface area contributed by atoms with Crippen molar-refractivity contribution in [3.8, 4) is 6.07 Å². The fraction of sp³-hybridized carbons (Fsp3) is 0.370. The Morgan fingerprint density at radius 2 is 2.03 bits per heavy atom. The predicted molar refractivity (Wildman–Crippen MR) is 136 cm³/mol. The van der Waals surface area contributed by atoms with Gasteiger partial charge in [-0.25, -0.2) is 4.98 Å². The summed E-state index contributed by atoms with van der Waals surface area (Å²) < 4.78 is 3.20. The number of rotatable bonds is 8. The largest absolute Gasteiger partial charge is 0.345 e. The predicted octanol–water partition coefficient (Wildman–Crippen LogP) is 4.48. The topological polar surface area (TPSA) is 65.2 Å². The third-order valence-electron chi connectivity index (χ3n) is 6.46. The molecule has 0 saturated carbocycles. The molecule has 0 radical (unpaired) electrons. The normalized spacial score (nSPS) is 16.2. The van der Waals surface area contributed by atoms with Gasteiger partial charge >= 0.3 is 0 Å². The number of nitrogens with zero attached hydrogens (tertiary/aromatic N) is 5. The van der Waals surface area contributed by atoms with Crippen molar-refractivity contribution in [1.29, 1.82) is 5.26 Å². The van der Waals surface area contributed by atoms with Crippen molar-refractivity contribution in [2.24, 2.45) is 5.92 Å². The lowest BCUT2D eigenvalue weighted by atomic mass is 9.96. The molecule has 2 heterocycles. The lowest BCUT2D eigenvalue weighted by molar-refractivity contribution is -0.136. The van der Waals surface area contributed by atoms with E-state index in [0.29, 0.717) is 18.7 Å². The van der Waals surface area contributed by atoms with E-state index in [9.17, 15) is 4.79 Å². The van der Waals surface area contributed by atoms with Gasteiger partial charge in [-0.05, 0) is 54.8 Å². The van der Waals surface area contributed by atoms with Crippen molar-refractivity contribution in [2.75, 3.05) is 26.7 Å². The Bertz CT molecular complexity index is 1150. The summed E-state index contributed by atoms with van der Waals surface area (Å²) in [6.07, 6.45) is 6.47. The van der Waals surface area contributed by atoms with Crippen molar-refractivity contribution in [1.82, 2.24) is 19.4 Å². The number of aromatic nitrogens is 2. The average Bonchev–Trinajstić information content (AvgIpc) is 3.29. The van der Waals surface area contributed by atoms with Crippen LogP contribution in [-0.4, -0.2) is 51.9 Å². The van der Waals surface area contributed by atoms with E-state index in [1.54, 1.807) is 0 Å². The number of halogens is 1. The molecule has 1 aliphatic rings. The maximum atomic E-state index is 13.2. The van der Waals surface area contributed by atoms with Crippen LogP contribution in [0.2, 0.25) is 0 Å². The molecule has 1 unspecified atom stereocenters. The van der Waals surface area contributed by atoms with Crippen LogP contribution in [0.3, 0.4) is 0 Å². The molecule has 3 aromatic rings. The quantitative estimate of drug-likeness (QED) is 0.440. The summed E-state index contributed by atoms with van der Waals surface area (Å²) in [6.45, 7) is 4.09. The molecule has 34 heavy (non-hydrogen) atoms. The summed E-state index contributed by atoms with van der Waals surface area (Å²) >= 11 is 3.55. The van der Waals surface area contributed by atoms with E-state index in [2.05, 4.69) is 54.6 Å². The highest BCUT2D eigenvalue weighted by atomic mass is 79.9. The second kappa shape index (κ2) is 11.5. The van der Waals surface area contributed by atoms with Crippen LogP contribution >= 0.6 is 15.9 Å². The number of nitriles is 1. The van der Waals surface area contributed by atoms with E-state index in [0.717, 1.165) is 54.6 Å². The Morgan fingerprint density at radius 1 is 1.21 bits per heavy atom. The lowest BCUT2D eigenvalue weighted by Gasteiger charge is -2.34. The Hall–Kier alpha value is -2.95.